The molecule has 0 saturated heterocycles. The van der Waals surface area contributed by atoms with Gasteiger partial charge in [0.1, 0.15) is 0 Å². The number of carbonyl (C=O) groups excluding carboxylic acids is 1. The minimum atomic E-state index is -0.0261. The van der Waals surface area contributed by atoms with Crippen LogP contribution in [0.1, 0.15) is 37.0 Å². The number of hydrogen-bond donors (Lipinski definition) is 2. The molecule has 2 N–H and O–H groups in total. The van der Waals surface area contributed by atoms with Gasteiger partial charge in [-0.1, -0.05) is 19.9 Å². The second kappa shape index (κ2) is 6.31. The third-order valence-corrected chi connectivity index (χ3v) is 5.58. The minimum absolute atomic E-state index is 0.0261. The number of aromatic amines is 1. The number of hydrogen-bond acceptors (Lipinski definition) is 3. The van der Waals surface area contributed by atoms with Crippen molar-refractivity contribution in [2.45, 2.75) is 31.4 Å². The van der Waals surface area contributed by atoms with Crippen LogP contribution in [0.5, 0.6) is 0 Å². The highest BCUT2D eigenvalue weighted by Crippen LogP contribution is 2.29. The molecule has 0 atom stereocenters. The van der Waals surface area contributed by atoms with Gasteiger partial charge in [-0.15, -0.1) is 0 Å². The first-order chi connectivity index (χ1) is 9.64. The summed E-state index contributed by atoms with van der Waals surface area (Å²) >= 11 is 1.83. The lowest BCUT2D eigenvalue weighted by Gasteiger charge is -2.29. The van der Waals surface area contributed by atoms with Crippen LogP contribution in [0.15, 0.2) is 24.4 Å². The van der Waals surface area contributed by atoms with E-state index in [1.165, 1.54) is 0 Å². The van der Waals surface area contributed by atoms with Crippen molar-refractivity contribution in [1.29, 1.82) is 0 Å². The number of aromatic nitrogens is 2. The molecule has 0 spiro atoms. The van der Waals surface area contributed by atoms with Gasteiger partial charge in [0.15, 0.2) is 0 Å². The van der Waals surface area contributed by atoms with Crippen molar-refractivity contribution in [1.82, 2.24) is 15.5 Å². The molecule has 0 aliphatic carbocycles. The number of benzene rings is 1. The van der Waals surface area contributed by atoms with Gasteiger partial charge < -0.3 is 5.32 Å². The van der Waals surface area contributed by atoms with Gasteiger partial charge in [0.25, 0.3) is 5.91 Å². The van der Waals surface area contributed by atoms with Gasteiger partial charge in [-0.05, 0) is 31.2 Å². The second-order valence-corrected chi connectivity index (χ2v) is 6.22. The average Bonchev–Trinajstić information content (AvgIpc) is 2.96. The highest BCUT2D eigenvalue weighted by molar-refractivity contribution is 8.00. The standard InChI is InChI=1S/C15H21N3OS/c1-4-15(5-2,20-3)10-16-14(19)11-6-7-12-9-17-18-13(12)8-11/h6-9H,4-5,10H2,1-3H3,(H,16,19)(H,17,18). The zero-order valence-corrected chi connectivity index (χ0v) is 13.0. The predicted octanol–water partition coefficient (Wildman–Crippen LogP) is 3.21. The molecule has 0 radical (unpaired) electrons. The number of carbonyl (C=O) groups is 1. The molecular weight excluding hydrogens is 270 g/mol. The Balaban J connectivity index is 2.07. The molecule has 20 heavy (non-hydrogen) atoms. The van der Waals surface area contributed by atoms with E-state index in [1.807, 2.05) is 30.0 Å². The minimum Gasteiger partial charge on any atom is -0.351 e. The van der Waals surface area contributed by atoms with Crippen molar-refractivity contribution in [3.63, 3.8) is 0 Å². The molecule has 2 rings (SSSR count). The van der Waals surface area contributed by atoms with Crippen LogP contribution < -0.4 is 5.32 Å². The van der Waals surface area contributed by atoms with Crippen LogP contribution >= 0.6 is 11.8 Å². The molecule has 1 heterocycles. The number of nitrogens with one attached hydrogen (secondary N) is 2. The van der Waals surface area contributed by atoms with Crippen molar-refractivity contribution in [2.75, 3.05) is 12.8 Å². The number of rotatable bonds is 6. The van der Waals surface area contributed by atoms with Crippen LogP contribution in [0.2, 0.25) is 0 Å². The Bertz CT molecular complexity index is 581. The Kier molecular flexibility index (Phi) is 4.70. The summed E-state index contributed by atoms with van der Waals surface area (Å²) in [7, 11) is 0. The lowest BCUT2D eigenvalue weighted by molar-refractivity contribution is 0.0949. The van der Waals surface area contributed by atoms with Crippen LogP contribution in [-0.4, -0.2) is 33.7 Å². The summed E-state index contributed by atoms with van der Waals surface area (Å²) in [5, 5.41) is 10.9. The summed E-state index contributed by atoms with van der Waals surface area (Å²) in [5.74, 6) is -0.0261. The van der Waals surface area contributed by atoms with Crippen LogP contribution in [0.3, 0.4) is 0 Å². The molecular formula is C15H21N3OS. The molecule has 1 aromatic heterocycles. The summed E-state index contributed by atoms with van der Waals surface area (Å²) < 4.78 is 0.133. The first kappa shape index (κ1) is 14.9. The van der Waals surface area contributed by atoms with Crippen molar-refractivity contribution in [2.24, 2.45) is 0 Å². The average molecular weight is 291 g/mol. The molecule has 0 aliphatic rings. The number of H-pyrrole nitrogens is 1. The lowest BCUT2D eigenvalue weighted by atomic mass is 10.0. The highest BCUT2D eigenvalue weighted by atomic mass is 32.2. The zero-order chi connectivity index (χ0) is 14.6. The molecule has 1 aromatic carbocycles. The Hall–Kier alpha value is -1.49. The van der Waals surface area contributed by atoms with Gasteiger partial charge in [0.2, 0.25) is 0 Å². The summed E-state index contributed by atoms with van der Waals surface area (Å²) in [6.45, 7) is 5.03. The quantitative estimate of drug-likeness (QED) is 0.859. The van der Waals surface area contributed by atoms with Crippen LogP contribution in [-0.2, 0) is 0 Å². The lowest BCUT2D eigenvalue weighted by Crippen LogP contribution is -2.39. The molecule has 0 aliphatic heterocycles. The molecule has 2 aromatic rings. The topological polar surface area (TPSA) is 57.8 Å². The SMILES string of the molecule is CCC(CC)(CNC(=O)c1ccc2cn[nH]c2c1)SC. The molecule has 0 saturated carbocycles. The number of amides is 1. The fourth-order valence-electron chi connectivity index (χ4n) is 2.28. The predicted molar refractivity (Wildman–Crippen MR) is 85.3 cm³/mol. The van der Waals surface area contributed by atoms with E-state index in [4.69, 9.17) is 0 Å². The normalized spacial score (nSPS) is 11.8. The Morgan fingerprint density at radius 3 is 2.80 bits per heavy atom. The molecule has 5 heteroatoms. The highest BCUT2D eigenvalue weighted by Gasteiger charge is 2.25. The summed E-state index contributed by atoms with van der Waals surface area (Å²) in [6, 6.07) is 5.59. The third-order valence-electron chi connectivity index (χ3n) is 4.00. The summed E-state index contributed by atoms with van der Waals surface area (Å²) in [5.41, 5.74) is 1.56. The van der Waals surface area contributed by atoms with E-state index in [0.717, 1.165) is 23.7 Å². The molecule has 0 unspecified atom stereocenters. The van der Waals surface area contributed by atoms with E-state index in [2.05, 4.69) is 35.6 Å². The molecule has 0 bridgehead atoms. The number of fused-ring (bicyclic) bond motifs is 1. The zero-order valence-electron chi connectivity index (χ0n) is 12.2. The van der Waals surface area contributed by atoms with Crippen molar-refractivity contribution in [3.8, 4) is 0 Å². The van der Waals surface area contributed by atoms with Crippen molar-refractivity contribution in [3.05, 3.63) is 30.0 Å². The largest absolute Gasteiger partial charge is 0.351 e. The Labute approximate surface area is 123 Å². The van der Waals surface area contributed by atoms with Gasteiger partial charge in [0, 0.05) is 22.2 Å². The fraction of sp³-hybridized carbons (Fsp3) is 0.467. The summed E-state index contributed by atoms with van der Waals surface area (Å²) in [4.78, 5) is 12.3. The van der Waals surface area contributed by atoms with Crippen LogP contribution in [0.25, 0.3) is 10.9 Å². The van der Waals surface area contributed by atoms with Gasteiger partial charge in [-0.2, -0.15) is 16.9 Å². The molecule has 108 valence electrons. The maximum atomic E-state index is 12.3. The maximum absolute atomic E-state index is 12.3. The van der Waals surface area contributed by atoms with Crippen molar-refractivity contribution >= 4 is 28.6 Å². The van der Waals surface area contributed by atoms with Crippen LogP contribution in [0, 0.1) is 0 Å². The van der Waals surface area contributed by atoms with E-state index in [9.17, 15) is 4.79 Å². The molecule has 1 amide bonds. The Morgan fingerprint density at radius 1 is 1.40 bits per heavy atom. The Morgan fingerprint density at radius 2 is 2.15 bits per heavy atom. The van der Waals surface area contributed by atoms with E-state index in [-0.39, 0.29) is 10.7 Å². The van der Waals surface area contributed by atoms with Gasteiger partial charge in [0.05, 0.1) is 11.7 Å². The first-order valence-corrected chi connectivity index (χ1v) is 8.13. The number of thioether (sulfide) groups is 1. The van der Waals surface area contributed by atoms with Crippen molar-refractivity contribution < 1.29 is 4.79 Å². The van der Waals surface area contributed by atoms with Crippen LogP contribution in [0.4, 0.5) is 0 Å². The fourth-order valence-corrected chi connectivity index (χ4v) is 3.08. The van der Waals surface area contributed by atoms with Gasteiger partial charge in [-0.25, -0.2) is 0 Å². The van der Waals surface area contributed by atoms with Gasteiger partial charge >= 0.3 is 0 Å². The first-order valence-electron chi connectivity index (χ1n) is 6.90. The van der Waals surface area contributed by atoms with E-state index >= 15 is 0 Å². The smallest absolute Gasteiger partial charge is 0.251 e. The molecule has 4 nitrogen and oxygen atoms in total. The third kappa shape index (κ3) is 2.98. The van der Waals surface area contributed by atoms with Gasteiger partial charge in [-0.3, -0.25) is 9.89 Å². The van der Waals surface area contributed by atoms with E-state index in [0.29, 0.717) is 12.1 Å². The second-order valence-electron chi connectivity index (χ2n) is 4.95. The monoisotopic (exact) mass is 291 g/mol. The maximum Gasteiger partial charge on any atom is 0.251 e. The molecule has 0 fully saturated rings. The van der Waals surface area contributed by atoms with E-state index < -0.39 is 0 Å². The van der Waals surface area contributed by atoms with E-state index in [1.54, 1.807) is 6.20 Å². The summed E-state index contributed by atoms with van der Waals surface area (Å²) in [6.07, 6.45) is 5.95. The number of nitrogens with zero attached hydrogens (tertiary/aromatic N) is 1.